The topological polar surface area (TPSA) is 78.1 Å². The predicted molar refractivity (Wildman–Crippen MR) is 49.7 cm³/mol. The minimum absolute atomic E-state index is 0.238. The molecule has 11 heavy (non-hydrogen) atoms. The number of nitrogen functional groups attached to an aromatic ring is 3. The molecule has 1 aromatic rings. The van der Waals surface area contributed by atoms with Gasteiger partial charge in [-0.3, -0.25) is 0 Å². The van der Waals surface area contributed by atoms with Gasteiger partial charge in [-0.2, -0.15) is 0 Å². The lowest BCUT2D eigenvalue weighted by atomic mass is 10.2. The molecule has 0 aliphatic carbocycles. The number of halogens is 2. The van der Waals surface area contributed by atoms with Gasteiger partial charge in [0.2, 0.25) is 0 Å². The van der Waals surface area contributed by atoms with Crippen molar-refractivity contribution in [1.29, 1.82) is 0 Å². The van der Waals surface area contributed by atoms with Gasteiger partial charge in [0.25, 0.3) is 0 Å². The zero-order valence-corrected chi connectivity index (χ0v) is 7.08. The number of rotatable bonds is 0. The molecule has 0 spiro atoms. The van der Waals surface area contributed by atoms with Crippen molar-refractivity contribution < 1.29 is 0 Å². The summed E-state index contributed by atoms with van der Waals surface area (Å²) < 4.78 is 0. The lowest BCUT2D eigenvalue weighted by Crippen LogP contribution is -2.01. The van der Waals surface area contributed by atoms with E-state index in [1.165, 1.54) is 6.07 Å². The van der Waals surface area contributed by atoms with E-state index in [9.17, 15) is 0 Å². The van der Waals surface area contributed by atoms with Gasteiger partial charge >= 0.3 is 0 Å². The van der Waals surface area contributed by atoms with Crippen LogP contribution in [0, 0.1) is 0 Å². The quantitative estimate of drug-likeness (QED) is 0.547. The van der Waals surface area contributed by atoms with Gasteiger partial charge in [0.15, 0.2) is 0 Å². The molecule has 0 aliphatic heterocycles. The summed E-state index contributed by atoms with van der Waals surface area (Å²) in [5.74, 6) is 0. The maximum Gasteiger partial charge on any atom is 0.0812 e. The molecular formula is C6H7Cl2N3. The summed E-state index contributed by atoms with van der Waals surface area (Å²) in [7, 11) is 0. The van der Waals surface area contributed by atoms with Gasteiger partial charge in [-0.05, 0) is 6.07 Å². The molecule has 0 aliphatic rings. The third-order valence-electron chi connectivity index (χ3n) is 1.35. The zero-order valence-electron chi connectivity index (χ0n) is 5.57. The van der Waals surface area contributed by atoms with Crippen LogP contribution in [0.1, 0.15) is 0 Å². The van der Waals surface area contributed by atoms with Crippen LogP contribution in [-0.4, -0.2) is 0 Å². The fraction of sp³-hybridized carbons (Fsp3) is 0. The van der Waals surface area contributed by atoms with E-state index in [0.29, 0.717) is 10.0 Å². The third kappa shape index (κ3) is 1.29. The van der Waals surface area contributed by atoms with Crippen molar-refractivity contribution in [3.05, 3.63) is 16.1 Å². The largest absolute Gasteiger partial charge is 0.396 e. The average molecular weight is 192 g/mol. The number of anilines is 3. The van der Waals surface area contributed by atoms with Crippen molar-refractivity contribution in [3.8, 4) is 0 Å². The van der Waals surface area contributed by atoms with E-state index in [1.807, 2.05) is 0 Å². The number of hydrogen-bond donors (Lipinski definition) is 3. The molecule has 0 unspecified atom stereocenters. The second-order valence-electron chi connectivity index (χ2n) is 2.08. The Morgan fingerprint density at radius 3 is 1.55 bits per heavy atom. The van der Waals surface area contributed by atoms with E-state index < -0.39 is 0 Å². The summed E-state index contributed by atoms with van der Waals surface area (Å²) >= 11 is 11.3. The maximum absolute atomic E-state index is 5.65. The van der Waals surface area contributed by atoms with Crippen LogP contribution in [0.25, 0.3) is 0 Å². The Morgan fingerprint density at radius 2 is 1.18 bits per heavy atom. The van der Waals surface area contributed by atoms with Gasteiger partial charge < -0.3 is 17.2 Å². The fourth-order valence-electron chi connectivity index (χ4n) is 0.669. The molecule has 0 fully saturated rings. The number of benzene rings is 1. The Kier molecular flexibility index (Phi) is 2.02. The third-order valence-corrected chi connectivity index (χ3v) is 1.97. The van der Waals surface area contributed by atoms with Gasteiger partial charge in [0, 0.05) is 0 Å². The van der Waals surface area contributed by atoms with E-state index >= 15 is 0 Å². The molecule has 0 aromatic heterocycles. The average Bonchev–Trinajstić information content (AvgIpc) is 1.97. The first kappa shape index (κ1) is 8.30. The molecule has 0 saturated carbocycles. The van der Waals surface area contributed by atoms with Crippen LogP contribution in [-0.2, 0) is 0 Å². The molecule has 0 amide bonds. The molecule has 0 saturated heterocycles. The molecule has 1 aromatic carbocycles. The van der Waals surface area contributed by atoms with Crippen molar-refractivity contribution in [2.45, 2.75) is 0 Å². The molecule has 3 nitrogen and oxygen atoms in total. The highest BCUT2D eigenvalue weighted by Gasteiger charge is 2.07. The van der Waals surface area contributed by atoms with Crippen molar-refractivity contribution in [2.75, 3.05) is 17.2 Å². The van der Waals surface area contributed by atoms with E-state index in [4.69, 9.17) is 40.4 Å². The molecule has 0 radical (unpaired) electrons. The second-order valence-corrected chi connectivity index (χ2v) is 2.90. The Hall–Kier alpha value is -0.800. The van der Waals surface area contributed by atoms with Crippen molar-refractivity contribution in [2.24, 2.45) is 0 Å². The summed E-state index contributed by atoms with van der Waals surface area (Å²) in [5, 5.41) is 0.642. The molecule has 1 rings (SSSR count). The van der Waals surface area contributed by atoms with E-state index in [-0.39, 0.29) is 17.1 Å². The molecular weight excluding hydrogens is 185 g/mol. The van der Waals surface area contributed by atoms with Crippen molar-refractivity contribution in [3.63, 3.8) is 0 Å². The first-order valence-corrected chi connectivity index (χ1v) is 3.58. The standard InChI is InChI=1S/C6H7Cl2N3/c7-2-1-3(8)5(10)6(11)4(2)9/h1H,9-11H2. The summed E-state index contributed by atoms with van der Waals surface area (Å²) in [5.41, 5.74) is 17.2. The van der Waals surface area contributed by atoms with Crippen LogP contribution in [0.2, 0.25) is 10.0 Å². The Balaban J connectivity index is 3.46. The minimum atomic E-state index is 0.238. The Morgan fingerprint density at radius 1 is 0.818 bits per heavy atom. The lowest BCUT2D eigenvalue weighted by molar-refractivity contribution is 1.64. The summed E-state index contributed by atoms with van der Waals surface area (Å²) in [6, 6.07) is 1.46. The van der Waals surface area contributed by atoms with Crippen LogP contribution in [0.4, 0.5) is 17.1 Å². The number of nitrogens with two attached hydrogens (primary N) is 3. The minimum Gasteiger partial charge on any atom is -0.396 e. The molecule has 60 valence electrons. The summed E-state index contributed by atoms with van der Waals surface area (Å²) in [4.78, 5) is 0. The number of hydrogen-bond acceptors (Lipinski definition) is 3. The SMILES string of the molecule is Nc1c(Cl)cc(Cl)c(N)c1N. The van der Waals surface area contributed by atoms with E-state index in [2.05, 4.69) is 0 Å². The van der Waals surface area contributed by atoms with Crippen LogP contribution < -0.4 is 17.2 Å². The highest BCUT2D eigenvalue weighted by atomic mass is 35.5. The lowest BCUT2D eigenvalue weighted by Gasteiger charge is -2.06. The predicted octanol–water partition coefficient (Wildman–Crippen LogP) is 1.74. The maximum atomic E-state index is 5.65. The first-order chi connectivity index (χ1) is 5.04. The van der Waals surface area contributed by atoms with Gasteiger partial charge in [0.05, 0.1) is 27.1 Å². The summed E-state index contributed by atoms with van der Waals surface area (Å²) in [6.07, 6.45) is 0. The van der Waals surface area contributed by atoms with Crippen LogP contribution >= 0.6 is 23.2 Å². The molecule has 5 heteroatoms. The Labute approximate surface area is 74.1 Å². The smallest absolute Gasteiger partial charge is 0.0812 e. The molecule has 6 N–H and O–H groups in total. The van der Waals surface area contributed by atoms with Gasteiger partial charge in [-0.1, -0.05) is 23.2 Å². The zero-order chi connectivity index (χ0) is 8.59. The van der Waals surface area contributed by atoms with Crippen LogP contribution in [0.3, 0.4) is 0 Å². The highest BCUT2D eigenvalue weighted by Crippen LogP contribution is 2.35. The van der Waals surface area contributed by atoms with Crippen molar-refractivity contribution in [1.82, 2.24) is 0 Å². The monoisotopic (exact) mass is 191 g/mol. The van der Waals surface area contributed by atoms with Crippen molar-refractivity contribution >= 4 is 40.3 Å². The normalized spacial score (nSPS) is 10.0. The summed E-state index contributed by atoms with van der Waals surface area (Å²) in [6.45, 7) is 0. The van der Waals surface area contributed by atoms with Crippen LogP contribution in [0.15, 0.2) is 6.07 Å². The van der Waals surface area contributed by atoms with Gasteiger partial charge in [-0.15, -0.1) is 0 Å². The van der Waals surface area contributed by atoms with Crippen LogP contribution in [0.5, 0.6) is 0 Å². The van der Waals surface area contributed by atoms with E-state index in [0.717, 1.165) is 0 Å². The molecule has 0 bridgehead atoms. The fourth-order valence-corrected chi connectivity index (χ4v) is 1.15. The Bertz CT molecular complexity index is 272. The first-order valence-electron chi connectivity index (χ1n) is 2.82. The second kappa shape index (κ2) is 2.68. The molecule has 0 atom stereocenters. The molecule has 0 heterocycles. The van der Waals surface area contributed by atoms with E-state index in [1.54, 1.807) is 0 Å². The van der Waals surface area contributed by atoms with Gasteiger partial charge in [-0.25, -0.2) is 0 Å². The highest BCUT2D eigenvalue weighted by molar-refractivity contribution is 6.39. The van der Waals surface area contributed by atoms with Gasteiger partial charge in [0.1, 0.15) is 0 Å².